The number of carbonyl (C=O) groups is 3. The zero-order valence-electron chi connectivity index (χ0n) is 9.46. The van der Waals surface area contributed by atoms with E-state index in [1.54, 1.807) is 4.90 Å². The van der Waals surface area contributed by atoms with E-state index in [9.17, 15) is 14.4 Å². The average Bonchev–Trinajstić information content (AvgIpc) is 3.08. The van der Waals surface area contributed by atoms with Crippen molar-refractivity contribution in [1.82, 2.24) is 4.90 Å². The summed E-state index contributed by atoms with van der Waals surface area (Å²) in [5.41, 5.74) is 5.23. The summed E-state index contributed by atoms with van der Waals surface area (Å²) in [6.07, 6.45) is 1.89. The number of amides is 2. The molecule has 3 unspecified atom stereocenters. The van der Waals surface area contributed by atoms with Gasteiger partial charge in [0.2, 0.25) is 11.8 Å². The number of carbonyl (C=O) groups excluding carboxylic acids is 2. The molecule has 94 valence electrons. The first-order valence-electron chi connectivity index (χ1n) is 5.81. The Kier molecular flexibility index (Phi) is 3.04. The molecule has 0 bridgehead atoms. The van der Waals surface area contributed by atoms with Crippen molar-refractivity contribution >= 4 is 17.8 Å². The normalized spacial score (nSPS) is 32.0. The molecule has 2 rings (SSSR count). The fourth-order valence-corrected chi connectivity index (χ4v) is 2.38. The van der Waals surface area contributed by atoms with Crippen molar-refractivity contribution in [3.63, 3.8) is 0 Å². The number of nitrogens with zero attached hydrogens (tertiary/aromatic N) is 1. The highest BCUT2D eigenvalue weighted by molar-refractivity contribution is 5.90. The van der Waals surface area contributed by atoms with Crippen LogP contribution in [0.3, 0.4) is 0 Å². The molecule has 0 aromatic carbocycles. The van der Waals surface area contributed by atoms with Gasteiger partial charge in [0, 0.05) is 13.1 Å². The van der Waals surface area contributed by atoms with Gasteiger partial charge in [0.05, 0.1) is 17.8 Å². The number of piperidine rings is 1. The fraction of sp³-hybridized carbons (Fsp3) is 0.727. The molecule has 1 aliphatic carbocycles. The highest BCUT2D eigenvalue weighted by Crippen LogP contribution is 2.40. The van der Waals surface area contributed by atoms with E-state index in [1.807, 2.05) is 0 Å². The van der Waals surface area contributed by atoms with Crippen LogP contribution in [0, 0.1) is 17.8 Å². The molecule has 6 heteroatoms. The van der Waals surface area contributed by atoms with Crippen LogP contribution in [-0.4, -0.2) is 40.9 Å². The van der Waals surface area contributed by atoms with Crippen LogP contribution in [0.1, 0.15) is 19.3 Å². The molecule has 3 N–H and O–H groups in total. The predicted molar refractivity (Wildman–Crippen MR) is 57.7 cm³/mol. The molecule has 0 aromatic heterocycles. The van der Waals surface area contributed by atoms with E-state index in [0.29, 0.717) is 25.9 Å². The molecule has 1 aliphatic heterocycles. The van der Waals surface area contributed by atoms with E-state index in [1.165, 1.54) is 0 Å². The molecule has 1 heterocycles. The molecule has 3 atom stereocenters. The Hall–Kier alpha value is -1.59. The quantitative estimate of drug-likeness (QED) is 0.689. The van der Waals surface area contributed by atoms with Crippen LogP contribution in [-0.2, 0) is 14.4 Å². The average molecular weight is 240 g/mol. The van der Waals surface area contributed by atoms with Crippen molar-refractivity contribution in [2.24, 2.45) is 23.5 Å². The Labute approximate surface area is 98.8 Å². The van der Waals surface area contributed by atoms with E-state index in [-0.39, 0.29) is 23.7 Å². The summed E-state index contributed by atoms with van der Waals surface area (Å²) in [4.78, 5) is 35.3. The summed E-state index contributed by atoms with van der Waals surface area (Å²) in [6, 6.07) is 0. The number of carboxylic acid groups (broad SMARTS) is 1. The van der Waals surface area contributed by atoms with Gasteiger partial charge in [0.25, 0.3) is 0 Å². The Bertz CT molecular complexity index is 368. The van der Waals surface area contributed by atoms with Crippen LogP contribution >= 0.6 is 0 Å². The SMILES string of the molecule is NC(=O)C1CCCN(C(=O)C2CC2C(=O)O)C1. The molecule has 1 saturated heterocycles. The monoisotopic (exact) mass is 240 g/mol. The molecule has 0 radical (unpaired) electrons. The van der Waals surface area contributed by atoms with Gasteiger partial charge in [-0.25, -0.2) is 0 Å². The first kappa shape index (κ1) is 11.9. The number of hydrogen-bond acceptors (Lipinski definition) is 3. The Morgan fingerprint density at radius 2 is 1.94 bits per heavy atom. The fourth-order valence-electron chi connectivity index (χ4n) is 2.38. The van der Waals surface area contributed by atoms with Gasteiger partial charge in [0.1, 0.15) is 0 Å². The third-order valence-corrected chi connectivity index (χ3v) is 3.56. The molecular weight excluding hydrogens is 224 g/mol. The van der Waals surface area contributed by atoms with Gasteiger partial charge in [-0.05, 0) is 19.3 Å². The zero-order chi connectivity index (χ0) is 12.6. The van der Waals surface area contributed by atoms with Crippen LogP contribution in [0.5, 0.6) is 0 Å². The largest absolute Gasteiger partial charge is 0.481 e. The summed E-state index contributed by atoms with van der Waals surface area (Å²) >= 11 is 0. The van der Waals surface area contributed by atoms with Gasteiger partial charge in [-0.1, -0.05) is 0 Å². The third-order valence-electron chi connectivity index (χ3n) is 3.56. The number of likely N-dealkylation sites (tertiary alicyclic amines) is 1. The lowest BCUT2D eigenvalue weighted by Crippen LogP contribution is -2.45. The maximum Gasteiger partial charge on any atom is 0.307 e. The molecule has 0 aromatic rings. The van der Waals surface area contributed by atoms with Gasteiger partial charge in [0.15, 0.2) is 0 Å². The van der Waals surface area contributed by atoms with E-state index >= 15 is 0 Å². The lowest BCUT2D eigenvalue weighted by atomic mass is 9.97. The maximum absolute atomic E-state index is 12.0. The van der Waals surface area contributed by atoms with Crippen LogP contribution in [0.2, 0.25) is 0 Å². The van der Waals surface area contributed by atoms with E-state index in [0.717, 1.165) is 6.42 Å². The predicted octanol–water partition coefficient (Wildman–Crippen LogP) is -0.569. The van der Waals surface area contributed by atoms with Crippen LogP contribution in [0.25, 0.3) is 0 Å². The van der Waals surface area contributed by atoms with E-state index in [2.05, 4.69) is 0 Å². The van der Waals surface area contributed by atoms with Crippen molar-refractivity contribution in [3.05, 3.63) is 0 Å². The van der Waals surface area contributed by atoms with Crippen molar-refractivity contribution in [1.29, 1.82) is 0 Å². The second-order valence-electron chi connectivity index (χ2n) is 4.81. The second kappa shape index (κ2) is 4.35. The number of carboxylic acids is 1. The molecule has 2 fully saturated rings. The maximum atomic E-state index is 12.0. The lowest BCUT2D eigenvalue weighted by molar-refractivity contribution is -0.143. The first-order chi connectivity index (χ1) is 8.00. The summed E-state index contributed by atoms with van der Waals surface area (Å²) in [6.45, 7) is 0.947. The summed E-state index contributed by atoms with van der Waals surface area (Å²) in [5.74, 6) is -2.63. The summed E-state index contributed by atoms with van der Waals surface area (Å²) in [7, 11) is 0. The van der Waals surface area contributed by atoms with Gasteiger partial charge in [-0.15, -0.1) is 0 Å². The second-order valence-corrected chi connectivity index (χ2v) is 4.81. The van der Waals surface area contributed by atoms with Crippen LogP contribution < -0.4 is 5.73 Å². The smallest absolute Gasteiger partial charge is 0.307 e. The van der Waals surface area contributed by atoms with Crippen LogP contribution in [0.15, 0.2) is 0 Å². The third kappa shape index (κ3) is 2.40. The highest BCUT2D eigenvalue weighted by Gasteiger charge is 2.50. The van der Waals surface area contributed by atoms with Gasteiger partial charge >= 0.3 is 5.97 Å². The molecule has 17 heavy (non-hydrogen) atoms. The minimum Gasteiger partial charge on any atom is -0.481 e. The zero-order valence-corrected chi connectivity index (χ0v) is 9.46. The minimum absolute atomic E-state index is 0.136. The Morgan fingerprint density at radius 1 is 1.24 bits per heavy atom. The lowest BCUT2D eigenvalue weighted by Gasteiger charge is -2.31. The summed E-state index contributed by atoms with van der Waals surface area (Å²) < 4.78 is 0. The van der Waals surface area contributed by atoms with Crippen molar-refractivity contribution in [2.45, 2.75) is 19.3 Å². The molecular formula is C11H16N2O4. The van der Waals surface area contributed by atoms with Gasteiger partial charge < -0.3 is 15.7 Å². The number of primary amides is 1. The molecule has 0 spiro atoms. The Morgan fingerprint density at radius 3 is 2.47 bits per heavy atom. The minimum atomic E-state index is -0.910. The molecule has 2 amide bonds. The van der Waals surface area contributed by atoms with E-state index < -0.39 is 11.9 Å². The van der Waals surface area contributed by atoms with Crippen LogP contribution in [0.4, 0.5) is 0 Å². The first-order valence-corrected chi connectivity index (χ1v) is 5.81. The number of aliphatic carboxylic acids is 1. The number of rotatable bonds is 3. The summed E-state index contributed by atoms with van der Waals surface area (Å²) in [5, 5.41) is 8.77. The van der Waals surface area contributed by atoms with E-state index in [4.69, 9.17) is 10.8 Å². The van der Waals surface area contributed by atoms with Crippen molar-refractivity contribution < 1.29 is 19.5 Å². The van der Waals surface area contributed by atoms with Gasteiger partial charge in [-0.3, -0.25) is 14.4 Å². The molecule has 1 saturated carbocycles. The highest BCUT2D eigenvalue weighted by atomic mass is 16.4. The topological polar surface area (TPSA) is 101 Å². The molecule has 6 nitrogen and oxygen atoms in total. The van der Waals surface area contributed by atoms with Crippen molar-refractivity contribution in [2.75, 3.05) is 13.1 Å². The number of nitrogens with two attached hydrogens (primary N) is 1. The van der Waals surface area contributed by atoms with Gasteiger partial charge in [-0.2, -0.15) is 0 Å². The Balaban J connectivity index is 1.92. The molecule has 2 aliphatic rings. The standard InChI is InChI=1S/C11H16N2O4/c12-9(14)6-2-1-3-13(5-6)10(15)7-4-8(7)11(16)17/h6-8H,1-5H2,(H2,12,14)(H,16,17). The number of hydrogen-bond donors (Lipinski definition) is 2. The van der Waals surface area contributed by atoms with Crippen molar-refractivity contribution in [3.8, 4) is 0 Å².